The minimum Gasteiger partial charge on any atom is -0.300 e. The first kappa shape index (κ1) is 19.2. The summed E-state index contributed by atoms with van der Waals surface area (Å²) in [5, 5.41) is 20.9. The number of carbonyl (C=O) groups excluding carboxylic acids is 1. The molecule has 0 fully saturated rings. The molecule has 10 heteroatoms. The summed E-state index contributed by atoms with van der Waals surface area (Å²) in [7, 11) is 0. The zero-order chi connectivity index (χ0) is 19.2. The molecule has 0 aliphatic carbocycles. The Morgan fingerprint density at radius 2 is 2.11 bits per heavy atom. The molecule has 27 heavy (non-hydrogen) atoms. The number of nitrogens with zero attached hydrogens (tertiary/aromatic N) is 6. The highest BCUT2D eigenvalue weighted by atomic mass is 32.2. The van der Waals surface area contributed by atoms with Gasteiger partial charge in [-0.1, -0.05) is 36.1 Å². The largest absolute Gasteiger partial charge is 0.300 e. The normalized spacial score (nSPS) is 11.9. The lowest BCUT2D eigenvalue weighted by Gasteiger charge is -2.14. The molecule has 0 aliphatic heterocycles. The second kappa shape index (κ2) is 8.87. The van der Waals surface area contributed by atoms with Gasteiger partial charge in [0.05, 0.1) is 5.25 Å². The third kappa shape index (κ3) is 4.58. The van der Waals surface area contributed by atoms with Gasteiger partial charge < -0.3 is 0 Å². The van der Waals surface area contributed by atoms with Gasteiger partial charge in [0, 0.05) is 24.5 Å². The molecule has 0 saturated carbocycles. The molecule has 140 valence electrons. The van der Waals surface area contributed by atoms with Crippen molar-refractivity contribution in [2.45, 2.75) is 37.2 Å². The van der Waals surface area contributed by atoms with Gasteiger partial charge in [0.25, 0.3) is 0 Å². The Kier molecular flexibility index (Phi) is 6.30. The quantitative estimate of drug-likeness (QED) is 0.457. The fourth-order valence-electron chi connectivity index (χ4n) is 2.37. The number of carbonyl (C=O) groups is 1. The Bertz CT molecular complexity index is 923. The summed E-state index contributed by atoms with van der Waals surface area (Å²) in [5.74, 6) is 0.590. The second-order valence-corrected chi connectivity index (χ2v) is 7.92. The van der Waals surface area contributed by atoms with E-state index in [0.717, 1.165) is 16.4 Å². The summed E-state index contributed by atoms with van der Waals surface area (Å²) >= 11 is 2.72. The van der Waals surface area contributed by atoms with E-state index in [2.05, 4.69) is 37.3 Å². The van der Waals surface area contributed by atoms with E-state index in [1.165, 1.54) is 23.1 Å². The van der Waals surface area contributed by atoms with Gasteiger partial charge in [0.1, 0.15) is 5.01 Å². The first-order chi connectivity index (χ1) is 13.1. The average Bonchev–Trinajstić information content (AvgIpc) is 3.26. The topological polar surface area (TPSA) is 98.5 Å². The first-order valence-corrected chi connectivity index (χ1v) is 10.0. The van der Waals surface area contributed by atoms with E-state index in [1.54, 1.807) is 18.5 Å². The molecule has 0 aromatic carbocycles. The molecule has 3 heterocycles. The van der Waals surface area contributed by atoms with Crippen molar-refractivity contribution < 1.29 is 4.79 Å². The molecule has 3 aromatic rings. The van der Waals surface area contributed by atoms with E-state index in [0.29, 0.717) is 23.3 Å². The first-order valence-electron chi connectivity index (χ1n) is 8.34. The summed E-state index contributed by atoms with van der Waals surface area (Å²) in [4.78, 5) is 16.7. The molecule has 0 spiro atoms. The minimum absolute atomic E-state index is 0.128. The molecule has 1 atom stereocenters. The molecule has 3 rings (SSSR count). The summed E-state index contributed by atoms with van der Waals surface area (Å²) in [6, 6.07) is 3.75. The standard InChI is InChI=1S/C17H19N7OS2/c1-4-10-24-14(12-6-8-18-9-7-12)21-23-17(24)27-13(5-2)15(25)19-16-22-20-11(3)26-16/h4,6-9,13H,1,5,10H2,2-3H3,(H,19,22,25)/t13-/m1/s1. The molecule has 3 aromatic heterocycles. The zero-order valence-corrected chi connectivity index (χ0v) is 16.6. The summed E-state index contributed by atoms with van der Waals surface area (Å²) < 4.78 is 1.94. The fourth-order valence-corrected chi connectivity index (χ4v) is 3.92. The Morgan fingerprint density at radius 3 is 2.74 bits per heavy atom. The average molecular weight is 402 g/mol. The maximum Gasteiger partial charge on any atom is 0.239 e. The lowest BCUT2D eigenvalue weighted by Crippen LogP contribution is -2.25. The third-order valence-electron chi connectivity index (χ3n) is 3.63. The molecule has 8 nitrogen and oxygen atoms in total. The predicted molar refractivity (Wildman–Crippen MR) is 107 cm³/mol. The van der Waals surface area contributed by atoms with Crippen LogP contribution in [0.4, 0.5) is 5.13 Å². The maximum atomic E-state index is 12.6. The lowest BCUT2D eigenvalue weighted by atomic mass is 10.2. The van der Waals surface area contributed by atoms with Crippen molar-refractivity contribution in [3.05, 3.63) is 42.2 Å². The van der Waals surface area contributed by atoms with Crippen LogP contribution in [0.2, 0.25) is 0 Å². The maximum absolute atomic E-state index is 12.6. The molecule has 0 unspecified atom stereocenters. The van der Waals surface area contributed by atoms with E-state index < -0.39 is 0 Å². The summed E-state index contributed by atoms with van der Waals surface area (Å²) in [6.07, 6.45) is 5.84. The number of aromatic nitrogens is 6. The van der Waals surface area contributed by atoms with Crippen LogP contribution in [0, 0.1) is 6.92 Å². The van der Waals surface area contributed by atoms with Gasteiger partial charge >= 0.3 is 0 Å². The van der Waals surface area contributed by atoms with Crippen molar-refractivity contribution in [2.75, 3.05) is 5.32 Å². The molecule has 0 bridgehead atoms. The Morgan fingerprint density at radius 1 is 1.33 bits per heavy atom. The van der Waals surface area contributed by atoms with E-state index in [9.17, 15) is 4.79 Å². The van der Waals surface area contributed by atoms with Crippen LogP contribution in [-0.4, -0.2) is 41.1 Å². The number of hydrogen-bond donors (Lipinski definition) is 1. The third-order valence-corrected chi connectivity index (χ3v) is 5.73. The van der Waals surface area contributed by atoms with Gasteiger partial charge in [-0.3, -0.25) is 19.7 Å². The molecule has 0 aliphatic rings. The van der Waals surface area contributed by atoms with Crippen molar-refractivity contribution in [3.8, 4) is 11.4 Å². The number of pyridine rings is 1. The van der Waals surface area contributed by atoms with Gasteiger partial charge in [-0.25, -0.2) is 0 Å². The fraction of sp³-hybridized carbons (Fsp3) is 0.294. The number of thioether (sulfide) groups is 1. The van der Waals surface area contributed by atoms with Gasteiger partial charge in [0.2, 0.25) is 11.0 Å². The van der Waals surface area contributed by atoms with Crippen molar-refractivity contribution in [3.63, 3.8) is 0 Å². The number of rotatable bonds is 8. The van der Waals surface area contributed by atoms with Crippen molar-refractivity contribution >= 4 is 34.1 Å². The van der Waals surface area contributed by atoms with E-state index in [4.69, 9.17) is 0 Å². The van der Waals surface area contributed by atoms with Crippen LogP contribution in [-0.2, 0) is 11.3 Å². The number of nitrogens with one attached hydrogen (secondary N) is 1. The van der Waals surface area contributed by atoms with Gasteiger partial charge in [-0.15, -0.1) is 27.0 Å². The molecule has 0 saturated heterocycles. The Labute approximate surface area is 165 Å². The van der Waals surface area contributed by atoms with Crippen molar-refractivity contribution in [1.29, 1.82) is 0 Å². The number of hydrogen-bond acceptors (Lipinski definition) is 8. The van der Waals surface area contributed by atoms with Gasteiger partial charge in [-0.2, -0.15) is 0 Å². The monoisotopic (exact) mass is 401 g/mol. The lowest BCUT2D eigenvalue weighted by molar-refractivity contribution is -0.115. The van der Waals surface area contributed by atoms with E-state index in [-0.39, 0.29) is 11.2 Å². The number of aryl methyl sites for hydroxylation is 1. The molecular formula is C17H19N7OS2. The second-order valence-electron chi connectivity index (χ2n) is 5.57. The highest BCUT2D eigenvalue weighted by Crippen LogP contribution is 2.29. The number of allylic oxidation sites excluding steroid dienone is 1. The summed E-state index contributed by atoms with van der Waals surface area (Å²) in [6.45, 7) is 8.16. The van der Waals surface area contributed by atoms with E-state index in [1.807, 2.05) is 30.5 Å². The highest BCUT2D eigenvalue weighted by molar-refractivity contribution is 8.00. The van der Waals surface area contributed by atoms with Crippen LogP contribution in [0.15, 0.2) is 42.3 Å². The van der Waals surface area contributed by atoms with Gasteiger partial charge in [0.15, 0.2) is 11.0 Å². The number of anilines is 1. The predicted octanol–water partition coefficient (Wildman–Crippen LogP) is 3.20. The van der Waals surface area contributed by atoms with Crippen molar-refractivity contribution in [1.82, 2.24) is 29.9 Å². The molecule has 1 amide bonds. The van der Waals surface area contributed by atoms with Crippen LogP contribution in [0.25, 0.3) is 11.4 Å². The van der Waals surface area contributed by atoms with E-state index >= 15 is 0 Å². The van der Waals surface area contributed by atoms with Crippen LogP contribution in [0.5, 0.6) is 0 Å². The summed E-state index contributed by atoms with van der Waals surface area (Å²) in [5.41, 5.74) is 0.910. The highest BCUT2D eigenvalue weighted by Gasteiger charge is 2.23. The SMILES string of the molecule is C=CCn1c(S[C@H](CC)C(=O)Nc2nnc(C)s2)nnc1-c1ccncc1. The Balaban J connectivity index is 1.81. The molecule has 1 N–H and O–H groups in total. The van der Waals surface area contributed by atoms with Crippen LogP contribution < -0.4 is 5.32 Å². The van der Waals surface area contributed by atoms with Crippen LogP contribution in [0.1, 0.15) is 18.4 Å². The van der Waals surface area contributed by atoms with Gasteiger partial charge in [-0.05, 0) is 25.5 Å². The molecular weight excluding hydrogens is 382 g/mol. The van der Waals surface area contributed by atoms with Crippen LogP contribution in [0.3, 0.4) is 0 Å². The van der Waals surface area contributed by atoms with Crippen LogP contribution >= 0.6 is 23.1 Å². The smallest absolute Gasteiger partial charge is 0.239 e. The molecule has 0 radical (unpaired) electrons. The van der Waals surface area contributed by atoms with Crippen molar-refractivity contribution in [2.24, 2.45) is 0 Å². The minimum atomic E-state index is -0.327. The number of amides is 1. The zero-order valence-electron chi connectivity index (χ0n) is 15.0. The Hall–Kier alpha value is -2.59.